The van der Waals surface area contributed by atoms with Gasteiger partial charge in [0.2, 0.25) is 5.82 Å². The van der Waals surface area contributed by atoms with Crippen molar-refractivity contribution in [2.24, 2.45) is 0 Å². The number of carbonyl (C=O) groups is 1. The first-order valence-corrected chi connectivity index (χ1v) is 6.19. The van der Waals surface area contributed by atoms with Crippen molar-refractivity contribution in [3.63, 3.8) is 0 Å². The van der Waals surface area contributed by atoms with E-state index in [9.17, 15) is 19.3 Å². The molecule has 0 aliphatic carbocycles. The molecule has 0 aliphatic rings. The van der Waals surface area contributed by atoms with E-state index in [1.54, 1.807) is 19.1 Å². The van der Waals surface area contributed by atoms with Crippen LogP contribution in [0.1, 0.15) is 28.9 Å². The van der Waals surface area contributed by atoms with E-state index in [-0.39, 0.29) is 5.56 Å². The van der Waals surface area contributed by atoms with E-state index in [1.807, 2.05) is 18.2 Å². The number of rotatable bonds is 4. The number of carbonyl (C=O) groups excluding carboxylic acids is 1. The summed E-state index contributed by atoms with van der Waals surface area (Å²) in [6.45, 7) is 1.69. The van der Waals surface area contributed by atoms with Crippen LogP contribution in [0.4, 0.5) is 10.1 Å². The molecule has 2 aromatic rings. The molecule has 108 valence electrons. The molecule has 0 saturated heterocycles. The Labute approximate surface area is 120 Å². The number of hydrogen-bond donors (Lipinski definition) is 0. The molecule has 0 N–H and O–H groups in total. The van der Waals surface area contributed by atoms with Crippen molar-refractivity contribution in [1.82, 2.24) is 0 Å². The normalized spacial score (nSPS) is 11.7. The first-order valence-electron chi connectivity index (χ1n) is 6.19. The largest absolute Gasteiger partial charge is 0.454 e. The Morgan fingerprint density at radius 2 is 1.90 bits per heavy atom. The van der Waals surface area contributed by atoms with Crippen LogP contribution in [0, 0.1) is 15.9 Å². The van der Waals surface area contributed by atoms with Crippen LogP contribution in [0.3, 0.4) is 0 Å². The Balaban J connectivity index is 2.14. The van der Waals surface area contributed by atoms with Crippen molar-refractivity contribution in [3.05, 3.63) is 75.6 Å². The SMILES string of the molecule is CC(OC(=O)c1ccc([N+](=O)[O-])c(F)c1)c1ccccc1. The maximum absolute atomic E-state index is 13.5. The van der Waals surface area contributed by atoms with Crippen LogP contribution in [0.25, 0.3) is 0 Å². The van der Waals surface area contributed by atoms with Crippen molar-refractivity contribution < 1.29 is 18.8 Å². The molecule has 2 rings (SSSR count). The van der Waals surface area contributed by atoms with E-state index in [2.05, 4.69) is 0 Å². The summed E-state index contributed by atoms with van der Waals surface area (Å²) in [5.74, 6) is -1.80. The van der Waals surface area contributed by atoms with Gasteiger partial charge in [-0.2, -0.15) is 4.39 Å². The molecule has 0 bridgehead atoms. The predicted octanol–water partition coefficient (Wildman–Crippen LogP) is 3.65. The van der Waals surface area contributed by atoms with Gasteiger partial charge in [0.15, 0.2) is 0 Å². The molecule has 0 heterocycles. The lowest BCUT2D eigenvalue weighted by Crippen LogP contribution is -2.09. The zero-order chi connectivity index (χ0) is 15.4. The highest BCUT2D eigenvalue weighted by atomic mass is 19.1. The fourth-order valence-corrected chi connectivity index (χ4v) is 1.80. The van der Waals surface area contributed by atoms with E-state index < -0.39 is 28.5 Å². The molecular formula is C15H12FNO4. The molecule has 0 aromatic heterocycles. The van der Waals surface area contributed by atoms with Crippen molar-refractivity contribution in [2.75, 3.05) is 0 Å². The van der Waals surface area contributed by atoms with Gasteiger partial charge in [-0.1, -0.05) is 30.3 Å². The van der Waals surface area contributed by atoms with Gasteiger partial charge in [-0.3, -0.25) is 10.1 Å². The Hall–Kier alpha value is -2.76. The fourth-order valence-electron chi connectivity index (χ4n) is 1.80. The molecule has 0 saturated carbocycles. The van der Waals surface area contributed by atoms with Gasteiger partial charge >= 0.3 is 11.7 Å². The Bertz CT molecular complexity index is 673. The molecular weight excluding hydrogens is 277 g/mol. The monoisotopic (exact) mass is 289 g/mol. The summed E-state index contributed by atoms with van der Waals surface area (Å²) in [5, 5.41) is 10.5. The summed E-state index contributed by atoms with van der Waals surface area (Å²) >= 11 is 0. The highest BCUT2D eigenvalue weighted by Crippen LogP contribution is 2.21. The summed E-state index contributed by atoms with van der Waals surface area (Å²) in [4.78, 5) is 21.6. The Morgan fingerprint density at radius 3 is 2.48 bits per heavy atom. The van der Waals surface area contributed by atoms with Crippen molar-refractivity contribution in [3.8, 4) is 0 Å². The van der Waals surface area contributed by atoms with E-state index in [0.717, 1.165) is 17.7 Å². The Morgan fingerprint density at radius 1 is 1.24 bits per heavy atom. The summed E-state index contributed by atoms with van der Waals surface area (Å²) in [6.07, 6.45) is -0.503. The van der Waals surface area contributed by atoms with Gasteiger partial charge in [-0.25, -0.2) is 4.79 Å². The lowest BCUT2D eigenvalue weighted by molar-refractivity contribution is -0.387. The van der Waals surface area contributed by atoms with Crippen LogP contribution in [0.5, 0.6) is 0 Å². The van der Waals surface area contributed by atoms with Crippen LogP contribution in [0.15, 0.2) is 48.5 Å². The molecule has 2 aromatic carbocycles. The minimum absolute atomic E-state index is 0.0686. The lowest BCUT2D eigenvalue weighted by Gasteiger charge is -2.13. The van der Waals surface area contributed by atoms with Crippen LogP contribution in [-0.2, 0) is 4.74 Å². The van der Waals surface area contributed by atoms with Gasteiger partial charge < -0.3 is 4.74 Å². The van der Waals surface area contributed by atoms with Crippen LogP contribution in [0.2, 0.25) is 0 Å². The van der Waals surface area contributed by atoms with Gasteiger partial charge in [0.1, 0.15) is 6.10 Å². The van der Waals surface area contributed by atoms with Gasteiger partial charge in [-0.15, -0.1) is 0 Å². The molecule has 0 fully saturated rings. The van der Waals surface area contributed by atoms with Gasteiger partial charge in [0, 0.05) is 6.07 Å². The van der Waals surface area contributed by atoms with Crippen LogP contribution < -0.4 is 0 Å². The third-order valence-electron chi connectivity index (χ3n) is 2.93. The van der Waals surface area contributed by atoms with Crippen LogP contribution >= 0.6 is 0 Å². The number of esters is 1. The second-order valence-corrected chi connectivity index (χ2v) is 4.38. The fraction of sp³-hybridized carbons (Fsp3) is 0.133. The molecule has 0 radical (unpaired) electrons. The van der Waals surface area contributed by atoms with Crippen molar-refractivity contribution >= 4 is 11.7 Å². The van der Waals surface area contributed by atoms with Gasteiger partial charge in [0.25, 0.3) is 0 Å². The number of hydrogen-bond acceptors (Lipinski definition) is 4. The number of nitro benzene ring substituents is 1. The zero-order valence-electron chi connectivity index (χ0n) is 11.2. The van der Waals surface area contributed by atoms with E-state index in [0.29, 0.717) is 0 Å². The molecule has 5 nitrogen and oxygen atoms in total. The average Bonchev–Trinajstić information content (AvgIpc) is 2.47. The first-order chi connectivity index (χ1) is 9.99. The van der Waals surface area contributed by atoms with Crippen molar-refractivity contribution in [1.29, 1.82) is 0 Å². The number of benzene rings is 2. The molecule has 0 aliphatic heterocycles. The smallest absolute Gasteiger partial charge is 0.338 e. The minimum atomic E-state index is -1.07. The molecule has 1 unspecified atom stereocenters. The number of halogens is 1. The van der Waals surface area contributed by atoms with Gasteiger partial charge in [-0.05, 0) is 24.6 Å². The topological polar surface area (TPSA) is 69.4 Å². The summed E-state index contributed by atoms with van der Waals surface area (Å²) in [7, 11) is 0. The maximum Gasteiger partial charge on any atom is 0.338 e. The van der Waals surface area contributed by atoms with E-state index in [4.69, 9.17) is 4.74 Å². The number of nitro groups is 1. The van der Waals surface area contributed by atoms with Gasteiger partial charge in [0.05, 0.1) is 10.5 Å². The maximum atomic E-state index is 13.5. The minimum Gasteiger partial charge on any atom is -0.454 e. The summed E-state index contributed by atoms with van der Waals surface area (Å²) in [5.41, 5.74) is 0.0526. The molecule has 1 atom stereocenters. The number of nitrogens with zero attached hydrogens (tertiary/aromatic N) is 1. The summed E-state index contributed by atoms with van der Waals surface area (Å²) < 4.78 is 18.7. The Kier molecular flexibility index (Phi) is 4.27. The second kappa shape index (κ2) is 6.13. The molecule has 0 spiro atoms. The standard InChI is InChI=1S/C15H12FNO4/c1-10(11-5-3-2-4-6-11)21-15(18)12-7-8-14(17(19)20)13(16)9-12/h2-10H,1H3. The van der Waals surface area contributed by atoms with Crippen molar-refractivity contribution in [2.45, 2.75) is 13.0 Å². The third-order valence-corrected chi connectivity index (χ3v) is 2.93. The average molecular weight is 289 g/mol. The number of ether oxygens (including phenoxy) is 1. The molecule has 6 heteroatoms. The first kappa shape index (κ1) is 14.6. The van der Waals surface area contributed by atoms with E-state index in [1.165, 1.54) is 6.07 Å². The highest BCUT2D eigenvalue weighted by Gasteiger charge is 2.19. The third kappa shape index (κ3) is 3.42. The van der Waals surface area contributed by atoms with E-state index >= 15 is 0 Å². The molecule has 21 heavy (non-hydrogen) atoms. The van der Waals surface area contributed by atoms with Crippen LogP contribution in [-0.4, -0.2) is 10.9 Å². The highest BCUT2D eigenvalue weighted by molar-refractivity contribution is 5.89. The predicted molar refractivity (Wildman–Crippen MR) is 73.3 cm³/mol. The molecule has 0 amide bonds. The zero-order valence-corrected chi connectivity index (χ0v) is 11.2. The second-order valence-electron chi connectivity index (χ2n) is 4.38. The lowest BCUT2D eigenvalue weighted by atomic mass is 10.1. The summed E-state index contributed by atoms with van der Waals surface area (Å²) in [6, 6.07) is 12.0. The quantitative estimate of drug-likeness (QED) is 0.489.